The molecule has 0 aromatic carbocycles. The predicted octanol–water partition coefficient (Wildman–Crippen LogP) is 2.65. The summed E-state index contributed by atoms with van der Waals surface area (Å²) >= 11 is 0. The van der Waals surface area contributed by atoms with E-state index in [0.717, 1.165) is 24.2 Å². The fourth-order valence-electron chi connectivity index (χ4n) is 1.46. The van der Waals surface area contributed by atoms with Crippen LogP contribution in [0.1, 0.15) is 41.0 Å². The summed E-state index contributed by atoms with van der Waals surface area (Å²) in [5.41, 5.74) is 5.73. The van der Waals surface area contributed by atoms with Gasteiger partial charge in [0, 0.05) is 6.04 Å². The van der Waals surface area contributed by atoms with Gasteiger partial charge in [-0.05, 0) is 31.1 Å². The predicted molar refractivity (Wildman–Crippen MR) is 51.4 cm³/mol. The van der Waals surface area contributed by atoms with E-state index in [1.165, 1.54) is 0 Å². The lowest BCUT2D eigenvalue weighted by molar-refractivity contribution is 0.271. The molecule has 1 heteroatoms. The molecule has 0 spiro atoms. The van der Waals surface area contributed by atoms with E-state index in [1.54, 1.807) is 0 Å². The van der Waals surface area contributed by atoms with E-state index in [-0.39, 0.29) is 0 Å². The molecule has 0 aromatic heterocycles. The van der Waals surface area contributed by atoms with Gasteiger partial charge in [-0.1, -0.05) is 27.7 Å². The van der Waals surface area contributed by atoms with Gasteiger partial charge < -0.3 is 5.73 Å². The Morgan fingerprint density at radius 1 is 1.00 bits per heavy atom. The van der Waals surface area contributed by atoms with Gasteiger partial charge in [0.25, 0.3) is 0 Å². The van der Waals surface area contributed by atoms with E-state index in [1.807, 2.05) is 0 Å². The maximum absolute atomic E-state index is 5.73. The molecule has 3 atom stereocenters. The topological polar surface area (TPSA) is 26.0 Å². The van der Waals surface area contributed by atoms with Gasteiger partial charge in [-0.3, -0.25) is 0 Å². The lowest BCUT2D eigenvalue weighted by atomic mass is 9.83. The molecule has 0 heterocycles. The van der Waals surface area contributed by atoms with Crippen LogP contribution in [0.25, 0.3) is 0 Å². The van der Waals surface area contributed by atoms with Crippen LogP contribution in [-0.2, 0) is 0 Å². The fourth-order valence-corrected chi connectivity index (χ4v) is 1.46. The summed E-state index contributed by atoms with van der Waals surface area (Å²) < 4.78 is 0. The van der Waals surface area contributed by atoms with Gasteiger partial charge >= 0.3 is 0 Å². The SMILES string of the molecule is CC(N)CC(C)C(C)C(C)C. The summed E-state index contributed by atoms with van der Waals surface area (Å²) in [5.74, 6) is 2.33. The van der Waals surface area contributed by atoms with Crippen molar-refractivity contribution in [1.29, 1.82) is 0 Å². The third-order valence-corrected chi connectivity index (χ3v) is 2.69. The molecule has 0 saturated heterocycles. The molecule has 0 bridgehead atoms. The molecular weight excluding hydrogens is 134 g/mol. The Hall–Kier alpha value is -0.0400. The highest BCUT2D eigenvalue weighted by Crippen LogP contribution is 2.23. The van der Waals surface area contributed by atoms with E-state index < -0.39 is 0 Å². The van der Waals surface area contributed by atoms with Crippen molar-refractivity contribution in [3.05, 3.63) is 0 Å². The number of hydrogen-bond donors (Lipinski definition) is 1. The van der Waals surface area contributed by atoms with E-state index in [0.29, 0.717) is 6.04 Å². The average molecular weight is 157 g/mol. The first-order chi connectivity index (χ1) is 4.95. The number of rotatable bonds is 4. The van der Waals surface area contributed by atoms with Crippen molar-refractivity contribution < 1.29 is 0 Å². The highest BCUT2D eigenvalue weighted by atomic mass is 14.6. The molecule has 0 fully saturated rings. The number of nitrogens with two attached hydrogens (primary N) is 1. The molecule has 0 aromatic rings. The Morgan fingerprint density at radius 3 is 1.73 bits per heavy atom. The van der Waals surface area contributed by atoms with Gasteiger partial charge in [-0.15, -0.1) is 0 Å². The first kappa shape index (κ1) is 11.0. The first-order valence-electron chi connectivity index (χ1n) is 4.70. The normalized spacial score (nSPS) is 19.9. The van der Waals surface area contributed by atoms with Crippen molar-refractivity contribution in [2.24, 2.45) is 23.5 Å². The second-order valence-corrected chi connectivity index (χ2v) is 4.29. The van der Waals surface area contributed by atoms with Crippen molar-refractivity contribution in [2.45, 2.75) is 47.1 Å². The maximum atomic E-state index is 5.73. The van der Waals surface area contributed by atoms with Crippen LogP contribution in [0.5, 0.6) is 0 Å². The second kappa shape index (κ2) is 4.76. The zero-order valence-corrected chi connectivity index (χ0v) is 8.59. The van der Waals surface area contributed by atoms with Crippen LogP contribution >= 0.6 is 0 Å². The molecule has 0 rings (SSSR count). The molecule has 3 unspecified atom stereocenters. The summed E-state index contributed by atoms with van der Waals surface area (Å²) in [6, 6.07) is 0.353. The lowest BCUT2D eigenvalue weighted by Gasteiger charge is -2.24. The van der Waals surface area contributed by atoms with Crippen molar-refractivity contribution in [2.75, 3.05) is 0 Å². The Kier molecular flexibility index (Phi) is 4.74. The first-order valence-corrected chi connectivity index (χ1v) is 4.70. The van der Waals surface area contributed by atoms with E-state index in [9.17, 15) is 0 Å². The van der Waals surface area contributed by atoms with Crippen molar-refractivity contribution >= 4 is 0 Å². The molecule has 11 heavy (non-hydrogen) atoms. The van der Waals surface area contributed by atoms with Crippen LogP contribution in [0, 0.1) is 17.8 Å². The molecule has 0 aliphatic heterocycles. The molecule has 0 amide bonds. The van der Waals surface area contributed by atoms with Crippen molar-refractivity contribution in [1.82, 2.24) is 0 Å². The van der Waals surface area contributed by atoms with Crippen LogP contribution in [0.15, 0.2) is 0 Å². The van der Waals surface area contributed by atoms with Gasteiger partial charge in [-0.25, -0.2) is 0 Å². The Morgan fingerprint density at radius 2 is 1.45 bits per heavy atom. The second-order valence-electron chi connectivity index (χ2n) is 4.29. The van der Waals surface area contributed by atoms with Crippen LogP contribution in [-0.4, -0.2) is 6.04 Å². The highest BCUT2D eigenvalue weighted by Gasteiger charge is 2.16. The minimum atomic E-state index is 0.353. The molecule has 0 aliphatic carbocycles. The van der Waals surface area contributed by atoms with Crippen LogP contribution in [0.2, 0.25) is 0 Å². The quantitative estimate of drug-likeness (QED) is 0.667. The molecule has 2 N–H and O–H groups in total. The minimum absolute atomic E-state index is 0.353. The van der Waals surface area contributed by atoms with Crippen LogP contribution in [0.3, 0.4) is 0 Å². The fraction of sp³-hybridized carbons (Fsp3) is 1.00. The van der Waals surface area contributed by atoms with Gasteiger partial charge in [-0.2, -0.15) is 0 Å². The van der Waals surface area contributed by atoms with E-state index in [2.05, 4.69) is 34.6 Å². The number of hydrogen-bond acceptors (Lipinski definition) is 1. The Bertz CT molecular complexity index is 97.0. The van der Waals surface area contributed by atoms with Gasteiger partial charge in [0.1, 0.15) is 0 Å². The van der Waals surface area contributed by atoms with E-state index in [4.69, 9.17) is 5.73 Å². The summed E-state index contributed by atoms with van der Waals surface area (Å²) in [6.45, 7) is 11.3. The maximum Gasteiger partial charge on any atom is 0.00131 e. The average Bonchev–Trinajstić information content (AvgIpc) is 1.84. The van der Waals surface area contributed by atoms with Gasteiger partial charge in [0.2, 0.25) is 0 Å². The summed E-state index contributed by atoms with van der Waals surface area (Å²) in [4.78, 5) is 0. The third kappa shape index (κ3) is 4.41. The Labute approximate surface area is 71.4 Å². The third-order valence-electron chi connectivity index (χ3n) is 2.69. The molecule has 0 radical (unpaired) electrons. The van der Waals surface area contributed by atoms with Crippen LogP contribution in [0.4, 0.5) is 0 Å². The van der Waals surface area contributed by atoms with Gasteiger partial charge in [0.15, 0.2) is 0 Å². The minimum Gasteiger partial charge on any atom is -0.328 e. The summed E-state index contributed by atoms with van der Waals surface area (Å²) in [6.07, 6.45) is 1.15. The zero-order chi connectivity index (χ0) is 9.02. The molecule has 1 nitrogen and oxygen atoms in total. The standard InChI is InChI=1S/C10H23N/c1-7(2)10(5)8(3)6-9(4)11/h7-10H,6,11H2,1-5H3. The van der Waals surface area contributed by atoms with Gasteiger partial charge in [0.05, 0.1) is 0 Å². The van der Waals surface area contributed by atoms with Crippen LogP contribution < -0.4 is 5.73 Å². The van der Waals surface area contributed by atoms with Crippen molar-refractivity contribution in [3.63, 3.8) is 0 Å². The zero-order valence-electron chi connectivity index (χ0n) is 8.59. The monoisotopic (exact) mass is 157 g/mol. The summed E-state index contributed by atoms with van der Waals surface area (Å²) in [5, 5.41) is 0. The summed E-state index contributed by atoms with van der Waals surface area (Å²) in [7, 11) is 0. The van der Waals surface area contributed by atoms with Crippen molar-refractivity contribution in [3.8, 4) is 0 Å². The largest absolute Gasteiger partial charge is 0.328 e. The van der Waals surface area contributed by atoms with E-state index >= 15 is 0 Å². The molecule has 0 saturated carbocycles. The molecule has 0 aliphatic rings. The smallest absolute Gasteiger partial charge is 0.00131 e. The Balaban J connectivity index is 3.73. The molecular formula is C10H23N. The highest BCUT2D eigenvalue weighted by molar-refractivity contribution is 4.68. The lowest BCUT2D eigenvalue weighted by Crippen LogP contribution is -2.23. The molecule has 68 valence electrons.